The van der Waals surface area contributed by atoms with Crippen molar-refractivity contribution in [3.63, 3.8) is 0 Å². The van der Waals surface area contributed by atoms with Crippen molar-refractivity contribution in [2.24, 2.45) is 0 Å². The quantitative estimate of drug-likeness (QED) is 0.155. The molecule has 0 atom stereocenters. The highest BCUT2D eigenvalue weighted by atomic mass is 16.2. The highest BCUT2D eigenvalue weighted by Crippen LogP contribution is 2.45. The van der Waals surface area contributed by atoms with Gasteiger partial charge in [0, 0.05) is 55.2 Å². The van der Waals surface area contributed by atoms with E-state index in [4.69, 9.17) is 0 Å². The minimum Gasteiger partial charge on any atom is -0.307 e. The molecule has 380 valence electrons. The van der Waals surface area contributed by atoms with Crippen LogP contribution in [0.15, 0.2) is 218 Å². The molecule has 3 aliphatic rings. The average molecular weight is 1040 g/mol. The highest BCUT2D eigenvalue weighted by Gasteiger charge is 2.46. The Balaban J connectivity index is 0.750. The Morgan fingerprint density at radius 1 is 0.237 bits per heavy atom. The van der Waals surface area contributed by atoms with Crippen LogP contribution in [0, 0.1) is 0 Å². The van der Waals surface area contributed by atoms with Gasteiger partial charge in [-0.2, -0.15) is 0 Å². The van der Waals surface area contributed by atoms with Gasteiger partial charge in [-0.25, -0.2) is 0 Å². The smallest absolute Gasteiger partial charge is 0.261 e. The summed E-state index contributed by atoms with van der Waals surface area (Å²) in [6.07, 6.45) is 1.73. The summed E-state index contributed by atoms with van der Waals surface area (Å²) in [6, 6.07) is 73.4. The van der Waals surface area contributed by atoms with E-state index in [0.29, 0.717) is 47.9 Å². The molecular weight excluding hydrogens is 989 g/mol. The van der Waals surface area contributed by atoms with Crippen molar-refractivity contribution in [3.05, 3.63) is 241 Å². The molecule has 0 spiro atoms. The largest absolute Gasteiger partial charge is 0.307 e. The predicted octanol–water partition coefficient (Wildman–Crippen LogP) is 15.3. The summed E-state index contributed by atoms with van der Waals surface area (Å²) in [6.45, 7) is 0. The van der Waals surface area contributed by atoms with Gasteiger partial charge < -0.3 is 18.3 Å². The molecule has 0 saturated heterocycles. The molecule has 14 aromatic rings. The fourth-order valence-electron chi connectivity index (χ4n) is 14.2. The Labute approximate surface area is 457 Å². The van der Waals surface area contributed by atoms with Gasteiger partial charge in [0.15, 0.2) is 0 Å². The Bertz CT molecular complexity index is 4260. The van der Waals surface area contributed by atoms with Gasteiger partial charge in [-0.1, -0.05) is 146 Å². The molecule has 10 heteroatoms. The number of nitrogens with zero attached hydrogens (tertiary/aromatic N) is 6. The second-order valence-electron chi connectivity index (χ2n) is 21.7. The number of carbonyl (C=O) groups excluding carboxylic acids is 4. The maximum atomic E-state index is 15.1. The molecule has 80 heavy (non-hydrogen) atoms. The Kier molecular flexibility index (Phi) is 9.29. The van der Waals surface area contributed by atoms with Crippen LogP contribution in [0.4, 0.5) is 0 Å². The normalized spacial score (nSPS) is 16.6. The van der Waals surface area contributed by atoms with E-state index in [0.717, 1.165) is 110 Å². The van der Waals surface area contributed by atoms with Gasteiger partial charge in [-0.15, -0.1) is 0 Å². The predicted molar refractivity (Wildman–Crippen MR) is 317 cm³/mol. The van der Waals surface area contributed by atoms with E-state index in [1.165, 1.54) is 9.80 Å². The lowest BCUT2D eigenvalue weighted by Gasteiger charge is -2.36. The molecule has 1 saturated carbocycles. The molecule has 10 aromatic carbocycles. The number of imide groups is 2. The minimum absolute atomic E-state index is 0.333. The van der Waals surface area contributed by atoms with Crippen LogP contribution in [0.1, 0.15) is 67.1 Å². The zero-order chi connectivity index (χ0) is 53.1. The van der Waals surface area contributed by atoms with E-state index >= 15 is 19.2 Å². The summed E-state index contributed by atoms with van der Waals surface area (Å²) in [5.41, 5.74) is 12.5. The highest BCUT2D eigenvalue weighted by molar-refractivity contribution is 6.24. The van der Waals surface area contributed by atoms with E-state index < -0.39 is 12.1 Å². The fraction of sp³-hybridized carbons (Fsp3) is 0.0857. The van der Waals surface area contributed by atoms with E-state index in [1.54, 1.807) is 0 Å². The summed E-state index contributed by atoms with van der Waals surface area (Å²) in [4.78, 5) is 63.4. The van der Waals surface area contributed by atoms with Crippen LogP contribution in [-0.2, 0) is 0 Å². The SMILES string of the molecule is O=C1c2cc(-n3c4ccccc4c4ccccc43)c(-n3c4ccccc4c4ccccc43)cc2C(=O)N1C1CCC(N2C(=O)c3cc(-n4c5ccccc5c5ccccc54)c(-n4c5ccccc5c5ccccc54)cc3C2=O)CC1. The van der Waals surface area contributed by atoms with Gasteiger partial charge in [0.25, 0.3) is 23.6 Å². The maximum absolute atomic E-state index is 15.1. The number of hydrogen-bond donors (Lipinski definition) is 0. The first kappa shape index (κ1) is 44.8. The average Bonchev–Trinajstić information content (AvgIpc) is 4.43. The zero-order valence-corrected chi connectivity index (χ0v) is 43.1. The third-order valence-corrected chi connectivity index (χ3v) is 17.7. The van der Waals surface area contributed by atoms with E-state index in [2.05, 4.69) is 115 Å². The Morgan fingerprint density at radius 2 is 0.400 bits per heavy atom. The summed E-state index contributed by atoms with van der Waals surface area (Å²) < 4.78 is 8.93. The Hall–Kier alpha value is -10.3. The minimum atomic E-state index is -0.439. The monoisotopic (exact) mass is 1030 g/mol. The number of aromatic nitrogens is 4. The van der Waals surface area contributed by atoms with Crippen LogP contribution in [-0.4, -0.2) is 63.8 Å². The topological polar surface area (TPSA) is 94.5 Å². The number of para-hydroxylation sites is 8. The molecule has 0 unspecified atom stereocenters. The first-order valence-corrected chi connectivity index (χ1v) is 27.5. The maximum Gasteiger partial charge on any atom is 0.261 e. The lowest BCUT2D eigenvalue weighted by Crippen LogP contribution is -2.47. The van der Waals surface area contributed by atoms with Gasteiger partial charge in [0.05, 0.1) is 89.1 Å². The summed E-state index contributed by atoms with van der Waals surface area (Å²) in [5, 5.41) is 8.69. The fourth-order valence-corrected chi connectivity index (χ4v) is 14.2. The van der Waals surface area contributed by atoms with Crippen LogP contribution >= 0.6 is 0 Å². The first-order chi connectivity index (χ1) is 39.4. The molecule has 4 amide bonds. The molecule has 0 radical (unpaired) electrons. The van der Waals surface area contributed by atoms with Crippen LogP contribution < -0.4 is 0 Å². The third kappa shape index (κ3) is 6.01. The molecule has 1 fully saturated rings. The number of rotatable bonds is 6. The number of carbonyl (C=O) groups is 4. The molecule has 1 aliphatic carbocycles. The van der Waals surface area contributed by atoms with Crippen molar-refractivity contribution in [2.45, 2.75) is 37.8 Å². The van der Waals surface area contributed by atoms with Gasteiger partial charge in [0.2, 0.25) is 0 Å². The first-order valence-electron chi connectivity index (χ1n) is 27.5. The van der Waals surface area contributed by atoms with Crippen molar-refractivity contribution in [1.82, 2.24) is 28.1 Å². The van der Waals surface area contributed by atoms with Crippen molar-refractivity contribution < 1.29 is 19.2 Å². The molecule has 6 heterocycles. The third-order valence-electron chi connectivity index (χ3n) is 17.7. The number of amides is 4. The molecule has 17 rings (SSSR count). The summed E-state index contributed by atoms with van der Waals surface area (Å²) in [7, 11) is 0. The summed E-state index contributed by atoms with van der Waals surface area (Å²) in [5.74, 6) is -1.33. The number of fused-ring (bicyclic) bond motifs is 14. The molecule has 10 nitrogen and oxygen atoms in total. The van der Waals surface area contributed by atoms with Crippen LogP contribution in [0.25, 0.3) is 110 Å². The van der Waals surface area contributed by atoms with E-state index in [-0.39, 0.29) is 23.6 Å². The van der Waals surface area contributed by atoms with Crippen molar-refractivity contribution in [2.75, 3.05) is 0 Å². The molecular formula is C70H46N6O4. The Morgan fingerprint density at radius 3 is 0.575 bits per heavy atom. The van der Waals surface area contributed by atoms with Crippen molar-refractivity contribution in [3.8, 4) is 22.7 Å². The standard InChI is InChI=1S/C70H46N6O4/c77-67-51-37-63(73-55-25-9-1-17-43(55)44-18-2-10-26-56(44)73)64(74-57-27-11-3-19-45(57)46-20-4-12-28-58(46)74)38-52(51)68(78)71(67)41-33-35-42(36-34-41)72-69(79)53-39-65(75-59-29-13-5-21-47(59)48-22-6-14-30-60(48)75)66(40-54(53)70(72)80)76-61-31-15-7-23-49(61)50-24-8-16-32-62(50)76/h1-32,37-42H,33-36H2. The zero-order valence-electron chi connectivity index (χ0n) is 43.1. The molecule has 0 N–H and O–H groups in total. The van der Waals surface area contributed by atoms with Gasteiger partial charge in [0.1, 0.15) is 0 Å². The van der Waals surface area contributed by atoms with Crippen molar-refractivity contribution >= 4 is 111 Å². The lowest BCUT2D eigenvalue weighted by molar-refractivity contribution is 0.0424. The van der Waals surface area contributed by atoms with Gasteiger partial charge in [-0.05, 0) is 98.5 Å². The molecule has 4 aromatic heterocycles. The van der Waals surface area contributed by atoms with E-state index in [1.807, 2.05) is 121 Å². The molecule has 2 aliphatic heterocycles. The number of benzene rings is 10. The van der Waals surface area contributed by atoms with Crippen molar-refractivity contribution in [1.29, 1.82) is 0 Å². The second kappa shape index (κ2) is 16.6. The van der Waals surface area contributed by atoms with Crippen LogP contribution in [0.5, 0.6) is 0 Å². The van der Waals surface area contributed by atoms with Gasteiger partial charge >= 0.3 is 0 Å². The second-order valence-corrected chi connectivity index (χ2v) is 21.7. The lowest BCUT2D eigenvalue weighted by atomic mass is 9.89. The van der Waals surface area contributed by atoms with Crippen LogP contribution in [0.3, 0.4) is 0 Å². The van der Waals surface area contributed by atoms with Gasteiger partial charge in [-0.3, -0.25) is 29.0 Å². The summed E-state index contributed by atoms with van der Waals surface area (Å²) >= 11 is 0. The molecule has 0 bridgehead atoms. The number of hydrogen-bond acceptors (Lipinski definition) is 4. The van der Waals surface area contributed by atoms with E-state index in [9.17, 15) is 0 Å². The van der Waals surface area contributed by atoms with Crippen LogP contribution in [0.2, 0.25) is 0 Å².